The van der Waals surface area contributed by atoms with Crippen LogP contribution in [-0.4, -0.2) is 19.7 Å². The average molecular weight is 337 g/mol. The summed E-state index contributed by atoms with van der Waals surface area (Å²) in [6.45, 7) is 0. The predicted molar refractivity (Wildman–Crippen MR) is 80.1 cm³/mol. The van der Waals surface area contributed by atoms with Crippen molar-refractivity contribution in [1.82, 2.24) is 19.7 Å². The van der Waals surface area contributed by atoms with Crippen molar-refractivity contribution in [3.63, 3.8) is 0 Å². The first kappa shape index (κ1) is 12.3. The Kier molecular flexibility index (Phi) is 3.08. The standard InChI is InChI=1S/C12H9BrN4OS/c1-17-7(4-5-14-17)2-3-10-15-11(18)8-6-9(13)19-12(8)16-10/h2-6H,1H3,(H,15,16,18)/b3-2+. The van der Waals surface area contributed by atoms with Gasteiger partial charge in [0.2, 0.25) is 0 Å². The molecular formula is C12H9BrN4OS. The van der Waals surface area contributed by atoms with Crippen LogP contribution in [0.5, 0.6) is 0 Å². The van der Waals surface area contributed by atoms with Gasteiger partial charge in [-0.25, -0.2) is 4.98 Å². The Morgan fingerprint density at radius 3 is 3.05 bits per heavy atom. The summed E-state index contributed by atoms with van der Waals surface area (Å²) in [5.74, 6) is 0.535. The number of nitrogens with one attached hydrogen (secondary N) is 1. The van der Waals surface area contributed by atoms with Crippen molar-refractivity contribution in [3.8, 4) is 0 Å². The van der Waals surface area contributed by atoms with E-state index in [-0.39, 0.29) is 5.56 Å². The number of hydrogen-bond donors (Lipinski definition) is 1. The molecule has 3 aromatic rings. The molecule has 0 saturated heterocycles. The van der Waals surface area contributed by atoms with E-state index in [1.54, 1.807) is 23.0 Å². The molecule has 7 heteroatoms. The highest BCUT2D eigenvalue weighted by atomic mass is 79.9. The third-order valence-electron chi connectivity index (χ3n) is 2.66. The molecule has 0 aromatic carbocycles. The zero-order valence-corrected chi connectivity index (χ0v) is 12.3. The summed E-state index contributed by atoms with van der Waals surface area (Å²) in [7, 11) is 1.86. The van der Waals surface area contributed by atoms with Gasteiger partial charge in [-0.15, -0.1) is 11.3 Å². The van der Waals surface area contributed by atoms with Crippen LogP contribution in [0.15, 0.2) is 26.9 Å². The Labute approximate surface area is 120 Å². The van der Waals surface area contributed by atoms with Gasteiger partial charge in [0.05, 0.1) is 14.9 Å². The van der Waals surface area contributed by atoms with E-state index in [2.05, 4.69) is 31.0 Å². The second-order valence-corrected chi connectivity index (χ2v) is 6.34. The van der Waals surface area contributed by atoms with E-state index in [1.165, 1.54) is 11.3 Å². The SMILES string of the molecule is Cn1nccc1/C=C/c1nc2sc(Br)cc2c(=O)[nH]1. The molecule has 0 fully saturated rings. The molecule has 5 nitrogen and oxygen atoms in total. The fourth-order valence-electron chi connectivity index (χ4n) is 1.71. The van der Waals surface area contributed by atoms with Crippen LogP contribution in [0.25, 0.3) is 22.4 Å². The van der Waals surface area contributed by atoms with E-state index in [1.807, 2.05) is 19.2 Å². The van der Waals surface area contributed by atoms with Crippen molar-refractivity contribution < 1.29 is 0 Å². The molecule has 1 N–H and O–H groups in total. The van der Waals surface area contributed by atoms with Crippen molar-refractivity contribution in [2.75, 3.05) is 0 Å². The van der Waals surface area contributed by atoms with E-state index in [9.17, 15) is 4.79 Å². The number of aromatic nitrogens is 4. The molecular weight excluding hydrogens is 328 g/mol. The van der Waals surface area contributed by atoms with Gasteiger partial charge in [0.1, 0.15) is 10.7 Å². The van der Waals surface area contributed by atoms with Crippen molar-refractivity contribution in [2.24, 2.45) is 7.05 Å². The third kappa shape index (κ3) is 2.39. The summed E-state index contributed by atoms with van der Waals surface area (Å²) >= 11 is 4.80. The van der Waals surface area contributed by atoms with Crippen molar-refractivity contribution in [2.45, 2.75) is 0 Å². The third-order valence-corrected chi connectivity index (χ3v) is 4.19. The van der Waals surface area contributed by atoms with Crippen LogP contribution in [0, 0.1) is 0 Å². The molecule has 0 amide bonds. The fourth-order valence-corrected chi connectivity index (χ4v) is 3.17. The van der Waals surface area contributed by atoms with Gasteiger partial charge in [0.25, 0.3) is 5.56 Å². The molecule has 0 aliphatic heterocycles. The highest BCUT2D eigenvalue weighted by Gasteiger charge is 2.06. The second-order valence-electron chi connectivity index (χ2n) is 3.93. The fraction of sp³-hybridized carbons (Fsp3) is 0.0833. The van der Waals surface area contributed by atoms with Crippen molar-refractivity contribution in [3.05, 3.63) is 44.0 Å². The van der Waals surface area contributed by atoms with E-state index >= 15 is 0 Å². The van der Waals surface area contributed by atoms with E-state index in [0.717, 1.165) is 14.3 Å². The summed E-state index contributed by atoms with van der Waals surface area (Å²) in [4.78, 5) is 19.8. The molecule has 3 aromatic heterocycles. The summed E-state index contributed by atoms with van der Waals surface area (Å²) in [6, 6.07) is 3.66. The summed E-state index contributed by atoms with van der Waals surface area (Å²) in [5, 5.41) is 4.67. The first-order valence-electron chi connectivity index (χ1n) is 5.49. The molecule has 3 heterocycles. The molecule has 0 atom stereocenters. The van der Waals surface area contributed by atoms with E-state index < -0.39 is 0 Å². The normalized spacial score (nSPS) is 11.7. The van der Waals surface area contributed by atoms with Gasteiger partial charge in [0, 0.05) is 13.2 Å². The molecule has 19 heavy (non-hydrogen) atoms. The second kappa shape index (κ2) is 4.75. The lowest BCUT2D eigenvalue weighted by molar-refractivity contribution is 0.760. The number of nitrogens with zero attached hydrogens (tertiary/aromatic N) is 3. The number of H-pyrrole nitrogens is 1. The minimum Gasteiger partial charge on any atom is -0.306 e. The number of rotatable bonds is 2. The summed E-state index contributed by atoms with van der Waals surface area (Å²) < 4.78 is 2.64. The van der Waals surface area contributed by atoms with Crippen molar-refractivity contribution in [1.29, 1.82) is 0 Å². The molecule has 0 radical (unpaired) electrons. The average Bonchev–Trinajstić information content (AvgIpc) is 2.92. The van der Waals surface area contributed by atoms with Crippen LogP contribution in [0.3, 0.4) is 0 Å². The van der Waals surface area contributed by atoms with E-state index in [0.29, 0.717) is 11.2 Å². The van der Waals surface area contributed by atoms with Crippen LogP contribution in [0.2, 0.25) is 0 Å². The van der Waals surface area contributed by atoms with Gasteiger partial charge in [-0.3, -0.25) is 9.48 Å². The topological polar surface area (TPSA) is 63.6 Å². The number of aryl methyl sites for hydroxylation is 1. The Balaban J connectivity index is 2.04. The van der Waals surface area contributed by atoms with Gasteiger partial charge in [-0.05, 0) is 40.2 Å². The minimum atomic E-state index is -0.128. The predicted octanol–water partition coefficient (Wildman–Crippen LogP) is 2.65. The lowest BCUT2D eigenvalue weighted by Gasteiger charge is -1.95. The smallest absolute Gasteiger partial charge is 0.259 e. The number of aromatic amines is 1. The number of fused-ring (bicyclic) bond motifs is 1. The maximum absolute atomic E-state index is 11.9. The lowest BCUT2D eigenvalue weighted by Crippen LogP contribution is -2.07. The highest BCUT2D eigenvalue weighted by molar-refractivity contribution is 9.11. The van der Waals surface area contributed by atoms with Crippen LogP contribution >= 0.6 is 27.3 Å². The largest absolute Gasteiger partial charge is 0.306 e. The monoisotopic (exact) mass is 336 g/mol. The highest BCUT2D eigenvalue weighted by Crippen LogP contribution is 2.25. The molecule has 0 aliphatic carbocycles. The molecule has 3 rings (SSSR count). The molecule has 0 bridgehead atoms. The Morgan fingerprint density at radius 1 is 1.47 bits per heavy atom. The first-order valence-corrected chi connectivity index (χ1v) is 7.10. The number of halogens is 1. The Bertz CT molecular complexity index is 830. The van der Waals surface area contributed by atoms with Crippen LogP contribution in [-0.2, 0) is 7.05 Å². The summed E-state index contributed by atoms with van der Waals surface area (Å²) in [5.41, 5.74) is 0.812. The lowest BCUT2D eigenvalue weighted by atomic mass is 10.3. The van der Waals surface area contributed by atoms with Crippen LogP contribution in [0.1, 0.15) is 11.5 Å². The molecule has 0 spiro atoms. The number of hydrogen-bond acceptors (Lipinski definition) is 4. The van der Waals surface area contributed by atoms with Gasteiger partial charge in [0.15, 0.2) is 0 Å². The van der Waals surface area contributed by atoms with Gasteiger partial charge in [-0.1, -0.05) is 0 Å². The molecule has 96 valence electrons. The van der Waals surface area contributed by atoms with Crippen LogP contribution in [0.4, 0.5) is 0 Å². The zero-order chi connectivity index (χ0) is 13.4. The molecule has 0 saturated carbocycles. The maximum Gasteiger partial charge on any atom is 0.259 e. The van der Waals surface area contributed by atoms with Crippen molar-refractivity contribution >= 4 is 49.6 Å². The molecule has 0 unspecified atom stereocenters. The van der Waals surface area contributed by atoms with E-state index in [4.69, 9.17) is 0 Å². The van der Waals surface area contributed by atoms with Gasteiger partial charge in [-0.2, -0.15) is 5.10 Å². The maximum atomic E-state index is 11.9. The summed E-state index contributed by atoms with van der Waals surface area (Å²) in [6.07, 6.45) is 5.35. The quantitative estimate of drug-likeness (QED) is 0.782. The molecule has 0 aliphatic rings. The Morgan fingerprint density at radius 2 is 2.32 bits per heavy atom. The minimum absolute atomic E-state index is 0.128. The van der Waals surface area contributed by atoms with Gasteiger partial charge < -0.3 is 4.98 Å². The number of thiophene rings is 1. The zero-order valence-electron chi connectivity index (χ0n) is 9.92. The first-order chi connectivity index (χ1) is 9.13. The Hall–Kier alpha value is -1.73. The van der Waals surface area contributed by atoms with Crippen LogP contribution < -0.4 is 5.56 Å². The van der Waals surface area contributed by atoms with Gasteiger partial charge >= 0.3 is 0 Å².